The lowest BCUT2D eigenvalue weighted by Crippen LogP contribution is -2.44. The highest BCUT2D eigenvalue weighted by atomic mass is 16.5. The molecule has 2 rings (SSSR count). The summed E-state index contributed by atoms with van der Waals surface area (Å²) < 4.78 is 6.09. The molecule has 0 unspecified atom stereocenters. The molecule has 2 bridgehead atoms. The van der Waals surface area contributed by atoms with Crippen LogP contribution in [0.5, 0.6) is 0 Å². The van der Waals surface area contributed by atoms with Crippen molar-refractivity contribution in [1.29, 1.82) is 0 Å². The summed E-state index contributed by atoms with van der Waals surface area (Å²) >= 11 is 0. The minimum atomic E-state index is -1.02. The molecule has 1 saturated heterocycles. The molecule has 1 fully saturated rings. The lowest BCUT2D eigenvalue weighted by Gasteiger charge is -2.37. The van der Waals surface area contributed by atoms with Crippen LogP contribution in [-0.4, -0.2) is 44.8 Å². The van der Waals surface area contributed by atoms with Crippen LogP contribution in [0.2, 0.25) is 0 Å². The van der Waals surface area contributed by atoms with Crippen LogP contribution in [0.4, 0.5) is 0 Å². The number of hydrogen-bond donors (Lipinski definition) is 3. The smallest absolute Gasteiger partial charge is 0.0917 e. The van der Waals surface area contributed by atoms with Crippen LogP contribution >= 0.6 is 0 Å². The summed E-state index contributed by atoms with van der Waals surface area (Å²) in [5.74, 6) is 0.00915. The van der Waals surface area contributed by atoms with Gasteiger partial charge in [-0.25, -0.2) is 0 Å². The van der Waals surface area contributed by atoms with Gasteiger partial charge in [0.1, 0.15) is 0 Å². The monoisotopic (exact) mass is 338 g/mol. The Morgan fingerprint density at radius 3 is 2.50 bits per heavy atom. The molecule has 4 heteroatoms. The first kappa shape index (κ1) is 19.6. The maximum absolute atomic E-state index is 11.1. The third-order valence-electron chi connectivity index (χ3n) is 5.87. The molecule has 0 radical (unpaired) electrons. The van der Waals surface area contributed by atoms with Gasteiger partial charge in [-0.2, -0.15) is 0 Å². The van der Waals surface area contributed by atoms with Crippen molar-refractivity contribution in [3.8, 4) is 0 Å². The van der Waals surface area contributed by atoms with Gasteiger partial charge in [0.15, 0.2) is 0 Å². The van der Waals surface area contributed by atoms with E-state index in [2.05, 4.69) is 6.08 Å². The molecule has 0 aromatic rings. The largest absolute Gasteiger partial charge is 0.390 e. The molecule has 4 nitrogen and oxygen atoms in total. The van der Waals surface area contributed by atoms with Crippen molar-refractivity contribution in [3.05, 3.63) is 23.8 Å². The van der Waals surface area contributed by atoms with Crippen LogP contribution in [0.15, 0.2) is 23.8 Å². The van der Waals surface area contributed by atoms with Crippen molar-refractivity contribution in [3.63, 3.8) is 0 Å². The van der Waals surface area contributed by atoms with E-state index in [-0.39, 0.29) is 5.92 Å². The summed E-state index contributed by atoms with van der Waals surface area (Å²) in [4.78, 5) is 0. The maximum Gasteiger partial charge on any atom is 0.0917 e. The molecular weight excluding hydrogens is 304 g/mol. The van der Waals surface area contributed by atoms with Gasteiger partial charge in [-0.3, -0.25) is 0 Å². The number of rotatable bonds is 1. The fourth-order valence-electron chi connectivity index (χ4n) is 3.44. The molecule has 3 N–H and O–H groups in total. The lowest BCUT2D eigenvalue weighted by atomic mass is 9.79. The Morgan fingerprint density at radius 1 is 1.12 bits per heavy atom. The molecule has 138 valence electrons. The molecule has 4 atom stereocenters. The van der Waals surface area contributed by atoms with Gasteiger partial charge in [-0.15, -0.1) is 0 Å². The average Bonchev–Trinajstić information content (AvgIpc) is 2.64. The van der Waals surface area contributed by atoms with E-state index in [1.54, 1.807) is 19.1 Å². The number of fused-ring (bicyclic) bond motifs is 3. The standard InChI is InChI=1S/C20H34O4/c1-15(2)20(23)12-10-18(3,22)9-5-6-16-7-8-17(21)19(4,11-13-20)24-14-16/h6,10,12,15,17,21-23H,5,7-9,11,13-14H2,1-4H3/b12-10-,16-6-/t17-,18-,19+,20-/m0/s1. The second kappa shape index (κ2) is 7.28. The van der Waals surface area contributed by atoms with E-state index in [1.807, 2.05) is 20.8 Å². The van der Waals surface area contributed by atoms with Crippen molar-refractivity contribution in [2.24, 2.45) is 5.92 Å². The summed E-state index contributed by atoms with van der Waals surface area (Å²) in [6, 6.07) is 0. The van der Waals surface area contributed by atoms with Crippen LogP contribution in [0.3, 0.4) is 0 Å². The predicted octanol–water partition coefficient (Wildman–Crippen LogP) is 3.11. The Hall–Kier alpha value is -0.680. The number of aliphatic hydroxyl groups is 3. The van der Waals surface area contributed by atoms with Gasteiger partial charge in [0.05, 0.1) is 29.5 Å². The molecule has 0 spiro atoms. The predicted molar refractivity (Wildman–Crippen MR) is 95.7 cm³/mol. The molecule has 2 heterocycles. The SMILES string of the molecule is CC(C)[C@]1(O)/C=C\[C@@](C)(O)CC/C=C2/CC[C@H](O)[C@@](C)(CC1)OC2. The molecule has 2 aliphatic rings. The first-order chi connectivity index (χ1) is 11.1. The highest BCUT2D eigenvalue weighted by molar-refractivity contribution is 5.13. The fraction of sp³-hybridized carbons (Fsp3) is 0.800. The molecule has 0 aromatic carbocycles. The van der Waals surface area contributed by atoms with Gasteiger partial charge in [0, 0.05) is 0 Å². The van der Waals surface area contributed by atoms with Crippen LogP contribution < -0.4 is 0 Å². The highest BCUT2D eigenvalue weighted by Gasteiger charge is 2.40. The molecule has 24 heavy (non-hydrogen) atoms. The Balaban J connectivity index is 2.34. The van der Waals surface area contributed by atoms with E-state index in [4.69, 9.17) is 4.74 Å². The van der Waals surface area contributed by atoms with Gasteiger partial charge in [-0.05, 0) is 63.9 Å². The van der Waals surface area contributed by atoms with Gasteiger partial charge in [-0.1, -0.05) is 32.1 Å². The number of allylic oxidation sites excluding steroid dienone is 1. The lowest BCUT2D eigenvalue weighted by molar-refractivity contribution is -0.114. The minimum absolute atomic E-state index is 0.00915. The zero-order valence-corrected chi connectivity index (χ0v) is 15.6. The van der Waals surface area contributed by atoms with E-state index in [0.717, 1.165) is 12.8 Å². The first-order valence-electron chi connectivity index (χ1n) is 9.21. The zero-order valence-electron chi connectivity index (χ0n) is 15.6. The average molecular weight is 338 g/mol. The molecule has 0 aliphatic carbocycles. The number of hydrogen-bond acceptors (Lipinski definition) is 4. The summed E-state index contributed by atoms with van der Waals surface area (Å²) in [6.45, 7) is 8.20. The van der Waals surface area contributed by atoms with E-state index < -0.39 is 22.9 Å². The van der Waals surface area contributed by atoms with Crippen LogP contribution in [0.1, 0.15) is 66.2 Å². The molecule has 2 aliphatic heterocycles. The Labute approximate surface area is 146 Å². The Morgan fingerprint density at radius 2 is 1.83 bits per heavy atom. The van der Waals surface area contributed by atoms with Crippen LogP contribution in [0.25, 0.3) is 0 Å². The fourth-order valence-corrected chi connectivity index (χ4v) is 3.44. The van der Waals surface area contributed by atoms with Crippen molar-refractivity contribution in [2.75, 3.05) is 6.61 Å². The van der Waals surface area contributed by atoms with Crippen LogP contribution in [0, 0.1) is 5.92 Å². The van der Waals surface area contributed by atoms with Crippen molar-refractivity contribution >= 4 is 0 Å². The molecule has 0 amide bonds. The zero-order chi connectivity index (χ0) is 18.0. The summed E-state index contributed by atoms with van der Waals surface area (Å²) in [6.07, 6.45) is 8.99. The van der Waals surface area contributed by atoms with Crippen molar-refractivity contribution < 1.29 is 20.1 Å². The topological polar surface area (TPSA) is 69.9 Å². The summed E-state index contributed by atoms with van der Waals surface area (Å²) in [5, 5.41) is 32.2. The van der Waals surface area contributed by atoms with Crippen LogP contribution in [-0.2, 0) is 4.74 Å². The molecule has 0 aromatic heterocycles. The van der Waals surface area contributed by atoms with E-state index in [1.165, 1.54) is 5.57 Å². The summed E-state index contributed by atoms with van der Waals surface area (Å²) in [7, 11) is 0. The Bertz CT molecular complexity index is 494. The van der Waals surface area contributed by atoms with Gasteiger partial charge in [0.2, 0.25) is 0 Å². The van der Waals surface area contributed by atoms with E-state index in [9.17, 15) is 15.3 Å². The van der Waals surface area contributed by atoms with E-state index in [0.29, 0.717) is 32.3 Å². The first-order valence-corrected chi connectivity index (χ1v) is 9.21. The quantitative estimate of drug-likeness (QED) is 0.643. The molecular formula is C20H34O4. The third kappa shape index (κ3) is 4.69. The number of ether oxygens (including phenoxy) is 1. The van der Waals surface area contributed by atoms with Gasteiger partial charge >= 0.3 is 0 Å². The third-order valence-corrected chi connectivity index (χ3v) is 5.87. The van der Waals surface area contributed by atoms with E-state index >= 15 is 0 Å². The second-order valence-electron chi connectivity index (χ2n) is 8.39. The highest BCUT2D eigenvalue weighted by Crippen LogP contribution is 2.36. The minimum Gasteiger partial charge on any atom is -0.390 e. The van der Waals surface area contributed by atoms with Gasteiger partial charge < -0.3 is 20.1 Å². The van der Waals surface area contributed by atoms with Gasteiger partial charge in [0.25, 0.3) is 0 Å². The normalized spacial score (nSPS) is 45.5. The number of aliphatic hydroxyl groups excluding tert-OH is 1. The maximum atomic E-state index is 11.1. The summed E-state index contributed by atoms with van der Waals surface area (Å²) in [5.41, 5.74) is -1.42. The second-order valence-corrected chi connectivity index (χ2v) is 8.39. The van der Waals surface area contributed by atoms with Crippen molar-refractivity contribution in [1.82, 2.24) is 0 Å². The van der Waals surface area contributed by atoms with Crippen molar-refractivity contribution in [2.45, 2.75) is 89.1 Å². The Kier molecular flexibility index (Phi) is 5.96. The molecule has 0 saturated carbocycles.